The second-order valence-corrected chi connectivity index (χ2v) is 6.68. The Hall–Kier alpha value is -0.740. The van der Waals surface area contributed by atoms with Crippen molar-refractivity contribution in [1.82, 2.24) is 0 Å². The topological polar surface area (TPSA) is 60.2 Å². The molecule has 84 valence electrons. The predicted molar refractivity (Wildman–Crippen MR) is 63.6 cm³/mol. The molecule has 0 bridgehead atoms. The lowest BCUT2D eigenvalue weighted by molar-refractivity contribution is 0.586. The molecule has 3 nitrogen and oxygen atoms in total. The number of hydrogen-bond donors (Lipinski definition) is 1. The summed E-state index contributed by atoms with van der Waals surface area (Å²) in [6.45, 7) is 3.32. The van der Waals surface area contributed by atoms with E-state index in [-0.39, 0.29) is 11.0 Å². The third kappa shape index (κ3) is 3.11. The second-order valence-electron chi connectivity index (χ2n) is 3.71. The lowest BCUT2D eigenvalue weighted by Gasteiger charge is -2.08. The van der Waals surface area contributed by atoms with Crippen LogP contribution in [0.1, 0.15) is 19.4 Å². The van der Waals surface area contributed by atoms with E-state index >= 15 is 0 Å². The number of nitrogens with two attached hydrogens (primary N) is 1. The van der Waals surface area contributed by atoms with E-state index in [0.29, 0.717) is 16.3 Å². The van der Waals surface area contributed by atoms with Gasteiger partial charge in [0.05, 0.1) is 21.7 Å². The first-order valence-electron chi connectivity index (χ1n) is 4.58. The molecule has 0 aliphatic heterocycles. The molecule has 0 radical (unpaired) electrons. The summed E-state index contributed by atoms with van der Waals surface area (Å²) in [4.78, 5) is 0. The predicted octanol–water partition coefficient (Wildman–Crippen LogP) is 2.25. The van der Waals surface area contributed by atoms with Gasteiger partial charge in [0.2, 0.25) is 0 Å². The van der Waals surface area contributed by atoms with E-state index in [2.05, 4.69) is 0 Å². The van der Waals surface area contributed by atoms with Crippen LogP contribution in [-0.2, 0) is 15.6 Å². The summed E-state index contributed by atoms with van der Waals surface area (Å²) >= 11 is 5.74. The normalized spacial score (nSPS) is 12.0. The molecule has 15 heavy (non-hydrogen) atoms. The van der Waals surface area contributed by atoms with Crippen LogP contribution in [0.15, 0.2) is 18.2 Å². The van der Waals surface area contributed by atoms with Gasteiger partial charge in [-0.3, -0.25) is 0 Å². The number of halogens is 1. The minimum atomic E-state index is -3.08. The monoisotopic (exact) mass is 247 g/mol. The minimum absolute atomic E-state index is 0.00599. The number of benzene rings is 1. The van der Waals surface area contributed by atoms with Gasteiger partial charge in [-0.2, -0.15) is 0 Å². The van der Waals surface area contributed by atoms with Crippen molar-refractivity contribution in [3.05, 3.63) is 28.8 Å². The first-order chi connectivity index (χ1) is 6.83. The first kappa shape index (κ1) is 12.3. The van der Waals surface area contributed by atoms with E-state index in [1.54, 1.807) is 32.0 Å². The molecule has 1 aromatic rings. The van der Waals surface area contributed by atoms with Gasteiger partial charge >= 0.3 is 0 Å². The zero-order chi connectivity index (χ0) is 11.6. The molecule has 1 aromatic carbocycles. The van der Waals surface area contributed by atoms with E-state index in [1.165, 1.54) is 0 Å². The molecule has 0 fully saturated rings. The van der Waals surface area contributed by atoms with Crippen molar-refractivity contribution in [3.8, 4) is 0 Å². The molecule has 0 aliphatic rings. The third-order valence-electron chi connectivity index (χ3n) is 2.15. The molecule has 0 atom stereocenters. The van der Waals surface area contributed by atoms with Gasteiger partial charge in [0.1, 0.15) is 0 Å². The Labute approximate surface area is 95.2 Å². The smallest absolute Gasteiger partial charge is 0.156 e. The molecule has 0 amide bonds. The fourth-order valence-corrected chi connectivity index (χ4v) is 2.18. The van der Waals surface area contributed by atoms with E-state index < -0.39 is 9.84 Å². The van der Waals surface area contributed by atoms with Gasteiger partial charge in [-0.15, -0.1) is 0 Å². The number of sulfone groups is 1. The molecule has 5 heteroatoms. The number of hydrogen-bond acceptors (Lipinski definition) is 3. The first-order valence-corrected chi connectivity index (χ1v) is 6.68. The maximum Gasteiger partial charge on any atom is 0.156 e. The molecule has 0 aliphatic carbocycles. The van der Waals surface area contributed by atoms with Crippen molar-refractivity contribution in [2.45, 2.75) is 24.9 Å². The van der Waals surface area contributed by atoms with Gasteiger partial charge < -0.3 is 5.73 Å². The SMILES string of the molecule is CC(C)S(=O)(=O)Cc1ccc(Cl)c(N)c1. The van der Waals surface area contributed by atoms with E-state index in [1.807, 2.05) is 0 Å². The third-order valence-corrected chi connectivity index (χ3v) is 4.66. The van der Waals surface area contributed by atoms with Crippen LogP contribution in [0.2, 0.25) is 5.02 Å². The summed E-state index contributed by atoms with van der Waals surface area (Å²) in [5.41, 5.74) is 6.67. The standard InChI is InChI=1S/C10H14ClNO2S/c1-7(2)15(13,14)6-8-3-4-9(11)10(12)5-8/h3-5,7H,6,12H2,1-2H3. The largest absolute Gasteiger partial charge is 0.398 e. The average Bonchev–Trinajstić information content (AvgIpc) is 2.10. The van der Waals surface area contributed by atoms with E-state index in [0.717, 1.165) is 0 Å². The van der Waals surface area contributed by atoms with Crippen molar-refractivity contribution in [1.29, 1.82) is 0 Å². The lowest BCUT2D eigenvalue weighted by atomic mass is 10.2. The van der Waals surface area contributed by atoms with Gasteiger partial charge in [-0.05, 0) is 31.5 Å². The molecule has 0 heterocycles. The molecule has 0 saturated heterocycles. The fourth-order valence-electron chi connectivity index (χ4n) is 1.08. The molecule has 1 rings (SSSR count). The van der Waals surface area contributed by atoms with Crippen molar-refractivity contribution in [3.63, 3.8) is 0 Å². The summed E-state index contributed by atoms with van der Waals surface area (Å²) in [5.74, 6) is 0.00599. The minimum Gasteiger partial charge on any atom is -0.398 e. The van der Waals surface area contributed by atoms with Gasteiger partial charge in [-0.1, -0.05) is 17.7 Å². The number of rotatable bonds is 3. The summed E-state index contributed by atoms with van der Waals surface area (Å²) < 4.78 is 23.2. The van der Waals surface area contributed by atoms with E-state index in [9.17, 15) is 8.42 Å². The van der Waals surface area contributed by atoms with Gasteiger partial charge in [0.25, 0.3) is 0 Å². The fraction of sp³-hybridized carbons (Fsp3) is 0.400. The van der Waals surface area contributed by atoms with Crippen LogP contribution < -0.4 is 5.73 Å². The van der Waals surface area contributed by atoms with Crippen molar-refractivity contribution >= 4 is 27.1 Å². The summed E-state index contributed by atoms with van der Waals surface area (Å²) in [6, 6.07) is 4.89. The molecule has 0 aromatic heterocycles. The zero-order valence-corrected chi connectivity index (χ0v) is 10.3. The van der Waals surface area contributed by atoms with Crippen LogP contribution in [0.4, 0.5) is 5.69 Å². The Bertz CT molecular complexity index is 454. The summed E-state index contributed by atoms with van der Waals surface area (Å²) in [7, 11) is -3.08. The average molecular weight is 248 g/mol. The Morgan fingerprint density at radius 1 is 1.40 bits per heavy atom. The van der Waals surface area contributed by atoms with Crippen LogP contribution >= 0.6 is 11.6 Å². The molecule has 0 unspecified atom stereocenters. The summed E-state index contributed by atoms with van der Waals surface area (Å²) in [5, 5.41) is 0.0649. The van der Waals surface area contributed by atoms with Crippen LogP contribution in [0, 0.1) is 0 Å². The van der Waals surface area contributed by atoms with Gasteiger partial charge in [-0.25, -0.2) is 8.42 Å². The maximum absolute atomic E-state index is 11.6. The highest BCUT2D eigenvalue weighted by Crippen LogP contribution is 2.21. The highest BCUT2D eigenvalue weighted by Gasteiger charge is 2.16. The Morgan fingerprint density at radius 3 is 2.47 bits per heavy atom. The summed E-state index contributed by atoms with van der Waals surface area (Å²) in [6.07, 6.45) is 0. The number of anilines is 1. The molecule has 0 spiro atoms. The quantitative estimate of drug-likeness (QED) is 0.834. The Kier molecular flexibility index (Phi) is 3.62. The Balaban J connectivity index is 2.96. The molecular formula is C10H14ClNO2S. The highest BCUT2D eigenvalue weighted by molar-refractivity contribution is 7.91. The van der Waals surface area contributed by atoms with Crippen molar-refractivity contribution < 1.29 is 8.42 Å². The molecule has 2 N–H and O–H groups in total. The Morgan fingerprint density at radius 2 is 2.00 bits per heavy atom. The van der Waals surface area contributed by atoms with Gasteiger partial charge in [0.15, 0.2) is 9.84 Å². The van der Waals surface area contributed by atoms with E-state index in [4.69, 9.17) is 17.3 Å². The molecule has 0 saturated carbocycles. The van der Waals surface area contributed by atoms with Crippen molar-refractivity contribution in [2.75, 3.05) is 5.73 Å². The maximum atomic E-state index is 11.6. The second kappa shape index (κ2) is 4.41. The van der Waals surface area contributed by atoms with Crippen LogP contribution in [0.5, 0.6) is 0 Å². The van der Waals surface area contributed by atoms with Gasteiger partial charge in [0, 0.05) is 0 Å². The number of nitrogen functional groups attached to an aromatic ring is 1. The molecular weight excluding hydrogens is 234 g/mol. The highest BCUT2D eigenvalue weighted by atomic mass is 35.5. The van der Waals surface area contributed by atoms with Crippen molar-refractivity contribution in [2.24, 2.45) is 0 Å². The zero-order valence-electron chi connectivity index (χ0n) is 8.70. The van der Waals surface area contributed by atoms with Crippen LogP contribution in [0.3, 0.4) is 0 Å². The van der Waals surface area contributed by atoms with Crippen LogP contribution in [0.25, 0.3) is 0 Å². The lowest BCUT2D eigenvalue weighted by Crippen LogP contribution is -2.16. The van der Waals surface area contributed by atoms with Crippen LogP contribution in [-0.4, -0.2) is 13.7 Å².